The van der Waals surface area contributed by atoms with Gasteiger partial charge in [-0.25, -0.2) is 24.7 Å². The lowest BCUT2D eigenvalue weighted by atomic mass is 10.2. The van der Waals surface area contributed by atoms with Crippen molar-refractivity contribution in [2.75, 3.05) is 49.1 Å². The van der Waals surface area contributed by atoms with E-state index in [1.165, 1.54) is 0 Å². The Kier molecular flexibility index (Phi) is 10.6. The maximum atomic E-state index is 12.6. The summed E-state index contributed by atoms with van der Waals surface area (Å²) in [6.45, 7) is 13.3. The number of aromatic amines is 4. The Hall–Kier alpha value is -5.45. The summed E-state index contributed by atoms with van der Waals surface area (Å²) in [5.74, 6) is 1.83. The molecule has 0 radical (unpaired) electrons. The Labute approximate surface area is 325 Å². The highest BCUT2D eigenvalue weighted by atomic mass is 35.5. The molecule has 8 heterocycles. The van der Waals surface area contributed by atoms with E-state index in [0.717, 1.165) is 47.2 Å². The number of rotatable bonds is 4. The van der Waals surface area contributed by atoms with Crippen molar-refractivity contribution in [2.24, 2.45) is 0 Å². The summed E-state index contributed by atoms with van der Waals surface area (Å²) < 4.78 is 5.48. The lowest BCUT2D eigenvalue weighted by Crippen LogP contribution is -2.55. The van der Waals surface area contributed by atoms with E-state index in [1.807, 2.05) is 56.9 Å². The third kappa shape index (κ3) is 7.88. The zero-order valence-corrected chi connectivity index (χ0v) is 32.5. The van der Waals surface area contributed by atoms with Crippen LogP contribution in [0.1, 0.15) is 34.6 Å². The summed E-state index contributed by atoms with van der Waals surface area (Å²) in [7, 11) is 0. The van der Waals surface area contributed by atoms with Crippen molar-refractivity contribution in [2.45, 2.75) is 52.3 Å². The summed E-state index contributed by atoms with van der Waals surface area (Å²) in [4.78, 5) is 72.7. The molecule has 16 nitrogen and oxygen atoms in total. The predicted octanol–water partition coefficient (Wildman–Crippen LogP) is 5.18. The molecule has 6 aromatic rings. The van der Waals surface area contributed by atoms with Crippen molar-refractivity contribution in [3.8, 4) is 22.8 Å². The molecule has 8 rings (SSSR count). The number of H-pyrrole nitrogens is 4. The summed E-state index contributed by atoms with van der Waals surface area (Å²) in [6.07, 6.45) is 6.62. The highest BCUT2D eigenvalue weighted by Gasteiger charge is 2.32. The number of amides is 1. The van der Waals surface area contributed by atoms with Gasteiger partial charge in [0.25, 0.3) is 11.1 Å². The predicted molar refractivity (Wildman–Crippen MR) is 214 cm³/mol. The van der Waals surface area contributed by atoms with Crippen LogP contribution in [-0.2, 0) is 4.74 Å². The number of carbonyl (C=O) groups is 1. The summed E-state index contributed by atoms with van der Waals surface area (Å²) in [5, 5.41) is 5.23. The van der Waals surface area contributed by atoms with Crippen LogP contribution in [0.15, 0.2) is 58.6 Å². The lowest BCUT2D eigenvalue weighted by Gasteiger charge is -2.41. The monoisotopic (exact) mass is 788 g/mol. The van der Waals surface area contributed by atoms with Gasteiger partial charge < -0.3 is 44.7 Å². The number of halogens is 2. The van der Waals surface area contributed by atoms with Gasteiger partial charge in [-0.15, -0.1) is 0 Å². The molecule has 1 amide bonds. The highest BCUT2D eigenvalue weighted by Crippen LogP contribution is 2.31. The number of fused-ring (bicyclic) bond motifs is 2. The number of hydrogen-bond donors (Lipinski definition) is 5. The fourth-order valence-corrected chi connectivity index (χ4v) is 7.15. The number of nitrogens with one attached hydrogen (secondary N) is 5. The minimum absolute atomic E-state index is 0.0271. The molecular weight excluding hydrogens is 747 g/mol. The van der Waals surface area contributed by atoms with E-state index in [4.69, 9.17) is 27.9 Å². The molecule has 0 aromatic carbocycles. The number of aromatic nitrogens is 8. The van der Waals surface area contributed by atoms with Crippen LogP contribution in [0.25, 0.3) is 44.8 Å². The van der Waals surface area contributed by atoms with Gasteiger partial charge in [0, 0.05) is 98.0 Å². The van der Waals surface area contributed by atoms with Crippen LogP contribution in [0, 0.1) is 0 Å². The van der Waals surface area contributed by atoms with Gasteiger partial charge in [0.1, 0.15) is 38.6 Å². The standard InChI is InChI=1S/C21H25ClN6O3.C16H17ClN6O/c1-12-11-27(20(30)31-21(2,3)4)8-9-28(12)18-15(22)19(29)26-17(25-18)14-10-24-16-13(14)6-5-7-23-16;1-9-7-18-5-6-23(9)15-12(17)16(24)22-14(21-15)11-8-20-13-10(11)3-2-4-19-13/h5-7,10,12H,8-9,11H2,1-4H3,(H,23,24)(H,25,26,29);2-4,8-9,18H,5-7H2,1H3,(H,19,20)(H,21,22,24)/t12-;9-/m00/s1. The second-order valence-corrected chi connectivity index (χ2v) is 15.3. The second-order valence-electron chi connectivity index (χ2n) is 14.5. The molecule has 55 heavy (non-hydrogen) atoms. The van der Waals surface area contributed by atoms with E-state index in [0.29, 0.717) is 48.6 Å². The second kappa shape index (κ2) is 15.4. The van der Waals surface area contributed by atoms with Gasteiger partial charge in [-0.1, -0.05) is 23.2 Å². The minimum atomic E-state index is -0.557. The fraction of sp³-hybridized carbons (Fsp3) is 0.378. The molecule has 0 saturated carbocycles. The smallest absolute Gasteiger partial charge is 0.410 e. The third-order valence-corrected chi connectivity index (χ3v) is 10.1. The zero-order chi connectivity index (χ0) is 39.0. The van der Waals surface area contributed by atoms with Gasteiger partial charge in [0.15, 0.2) is 11.6 Å². The van der Waals surface area contributed by atoms with E-state index in [2.05, 4.69) is 57.0 Å². The Morgan fingerprint density at radius 1 is 0.800 bits per heavy atom. The van der Waals surface area contributed by atoms with Gasteiger partial charge >= 0.3 is 6.09 Å². The van der Waals surface area contributed by atoms with Crippen LogP contribution in [0.4, 0.5) is 16.4 Å². The van der Waals surface area contributed by atoms with E-state index >= 15 is 0 Å². The van der Waals surface area contributed by atoms with E-state index in [-0.39, 0.29) is 33.8 Å². The molecule has 5 N–H and O–H groups in total. The van der Waals surface area contributed by atoms with Crippen molar-refractivity contribution in [3.63, 3.8) is 0 Å². The number of anilines is 2. The molecule has 2 saturated heterocycles. The van der Waals surface area contributed by atoms with Gasteiger partial charge in [0.2, 0.25) is 0 Å². The third-order valence-electron chi connectivity index (χ3n) is 9.43. The quantitative estimate of drug-likeness (QED) is 0.158. The van der Waals surface area contributed by atoms with Crippen LogP contribution in [0.5, 0.6) is 0 Å². The molecule has 0 unspecified atom stereocenters. The number of carbonyl (C=O) groups excluding carboxylic acids is 1. The Balaban J connectivity index is 0.000000174. The maximum absolute atomic E-state index is 12.6. The first kappa shape index (κ1) is 37.8. The zero-order valence-electron chi connectivity index (χ0n) is 31.0. The van der Waals surface area contributed by atoms with Gasteiger partial charge in [-0.2, -0.15) is 0 Å². The topological polar surface area (TPSA) is 197 Å². The molecule has 2 atom stereocenters. The average molecular weight is 790 g/mol. The largest absolute Gasteiger partial charge is 0.444 e. The molecule has 0 spiro atoms. The van der Waals surface area contributed by atoms with Crippen molar-refractivity contribution in [1.82, 2.24) is 50.1 Å². The number of pyridine rings is 2. The van der Waals surface area contributed by atoms with E-state index in [9.17, 15) is 14.4 Å². The molecule has 288 valence electrons. The molecule has 0 aliphatic carbocycles. The summed E-state index contributed by atoms with van der Waals surface area (Å²) >= 11 is 12.6. The highest BCUT2D eigenvalue weighted by molar-refractivity contribution is 6.33. The molecule has 2 fully saturated rings. The molecular formula is C37H42Cl2N12O4. The van der Waals surface area contributed by atoms with Gasteiger partial charge in [-0.05, 0) is 58.9 Å². The Morgan fingerprint density at radius 2 is 1.33 bits per heavy atom. The summed E-state index contributed by atoms with van der Waals surface area (Å²) in [6, 6.07) is 7.63. The van der Waals surface area contributed by atoms with Crippen LogP contribution in [0.2, 0.25) is 10.0 Å². The van der Waals surface area contributed by atoms with Crippen LogP contribution < -0.4 is 26.2 Å². The van der Waals surface area contributed by atoms with Crippen LogP contribution >= 0.6 is 23.2 Å². The van der Waals surface area contributed by atoms with Crippen LogP contribution in [-0.4, -0.2) is 108 Å². The lowest BCUT2D eigenvalue weighted by molar-refractivity contribution is 0.0218. The molecule has 0 bridgehead atoms. The van der Waals surface area contributed by atoms with Crippen molar-refractivity contribution < 1.29 is 9.53 Å². The van der Waals surface area contributed by atoms with Gasteiger partial charge in [-0.3, -0.25) is 9.59 Å². The van der Waals surface area contributed by atoms with Crippen LogP contribution in [0.3, 0.4) is 0 Å². The Bertz CT molecular complexity index is 2470. The number of nitrogens with zero attached hydrogens (tertiary/aromatic N) is 7. The SMILES string of the molecule is C[C@H]1CN(C(=O)OC(C)(C)C)CCN1c1nc(-c2c[nH]c3ncccc23)[nH]c(=O)c1Cl.C[C@H]1CNCCN1c1nc(-c2c[nH]c3ncccc23)[nH]c(=O)c1Cl. The Morgan fingerprint density at radius 3 is 1.82 bits per heavy atom. The van der Waals surface area contributed by atoms with Gasteiger partial charge in [0.05, 0.1) is 0 Å². The number of ether oxygens (including phenoxy) is 1. The van der Waals surface area contributed by atoms with Crippen molar-refractivity contribution in [3.05, 3.63) is 79.8 Å². The number of hydrogen-bond acceptors (Lipinski definition) is 11. The first-order valence-corrected chi connectivity index (χ1v) is 18.7. The molecule has 2 aliphatic rings. The normalized spacial score (nSPS) is 17.7. The summed E-state index contributed by atoms with van der Waals surface area (Å²) in [5.41, 5.74) is 1.69. The average Bonchev–Trinajstić information content (AvgIpc) is 3.79. The first-order chi connectivity index (χ1) is 26.3. The van der Waals surface area contributed by atoms with E-state index < -0.39 is 11.2 Å². The first-order valence-electron chi connectivity index (χ1n) is 18.0. The molecule has 2 aliphatic heterocycles. The van der Waals surface area contributed by atoms with E-state index in [1.54, 1.807) is 29.7 Å². The number of piperazine rings is 2. The molecule has 6 aromatic heterocycles. The maximum Gasteiger partial charge on any atom is 0.410 e. The fourth-order valence-electron chi connectivity index (χ4n) is 6.75. The van der Waals surface area contributed by atoms with Crippen molar-refractivity contribution >= 4 is 63.0 Å². The molecule has 18 heteroatoms. The van der Waals surface area contributed by atoms with Crippen molar-refractivity contribution in [1.29, 1.82) is 0 Å². The minimum Gasteiger partial charge on any atom is -0.444 e.